The fourth-order valence-corrected chi connectivity index (χ4v) is 5.94. The Morgan fingerprint density at radius 1 is 1.48 bits per heavy atom. The maximum atomic E-state index is 13.3. The van der Waals surface area contributed by atoms with E-state index >= 15 is 0 Å². The van der Waals surface area contributed by atoms with Crippen molar-refractivity contribution in [2.45, 2.75) is 33.0 Å². The van der Waals surface area contributed by atoms with Crippen molar-refractivity contribution >= 4 is 44.2 Å². The number of nitrogens with one attached hydrogen (secondary N) is 1. The lowest BCUT2D eigenvalue weighted by atomic mass is 10.1. The van der Waals surface area contributed by atoms with E-state index in [0.717, 1.165) is 6.54 Å². The van der Waals surface area contributed by atoms with Crippen LogP contribution in [0.5, 0.6) is 0 Å². The van der Waals surface area contributed by atoms with Gasteiger partial charge in [-0.2, -0.15) is 0 Å². The van der Waals surface area contributed by atoms with E-state index in [2.05, 4.69) is 29.2 Å². The topological polar surface area (TPSA) is 67.2 Å². The van der Waals surface area contributed by atoms with Crippen LogP contribution in [-0.2, 0) is 16.5 Å². The third-order valence-corrected chi connectivity index (χ3v) is 7.30. The van der Waals surface area contributed by atoms with Crippen molar-refractivity contribution < 1.29 is 12.8 Å². The van der Waals surface area contributed by atoms with Gasteiger partial charge in [-0.3, -0.25) is 4.90 Å². The molecule has 1 N–H and O–H groups in total. The molecule has 10 heteroatoms. The van der Waals surface area contributed by atoms with Gasteiger partial charge < -0.3 is 5.32 Å². The smallest absolute Gasteiger partial charge is 0.209 e. The molecule has 2 heterocycles. The normalized spacial score (nSPS) is 19.1. The van der Waals surface area contributed by atoms with Crippen LogP contribution >= 0.6 is 23.6 Å². The van der Waals surface area contributed by atoms with Gasteiger partial charge in [0.05, 0.1) is 18.2 Å². The summed E-state index contributed by atoms with van der Waals surface area (Å²) >= 11 is 6.73. The summed E-state index contributed by atoms with van der Waals surface area (Å²) in [5, 5.41) is 8.14. The first-order valence-electron chi connectivity index (χ1n) is 8.77. The maximum absolute atomic E-state index is 13.3. The molecule has 0 unspecified atom stereocenters. The molecule has 27 heavy (non-hydrogen) atoms. The number of nitrogens with zero attached hydrogens (tertiary/aromatic N) is 3. The third kappa shape index (κ3) is 5.56. The quantitative estimate of drug-likeness (QED) is 0.676. The summed E-state index contributed by atoms with van der Waals surface area (Å²) in [6.45, 7) is 5.42. The number of anilines is 2. The highest BCUT2D eigenvalue weighted by Crippen LogP contribution is 2.23. The minimum absolute atomic E-state index is 0.0133. The second-order valence-electron chi connectivity index (χ2n) is 7.17. The van der Waals surface area contributed by atoms with Gasteiger partial charge in [0.1, 0.15) is 5.82 Å². The van der Waals surface area contributed by atoms with Gasteiger partial charge in [-0.1, -0.05) is 31.3 Å². The Hall–Kier alpha value is -1.36. The monoisotopic (exact) mass is 430 g/mol. The van der Waals surface area contributed by atoms with E-state index in [-0.39, 0.29) is 23.4 Å². The molecule has 0 bridgehead atoms. The minimum Gasteiger partial charge on any atom is -0.330 e. The predicted octanol–water partition coefficient (Wildman–Crippen LogP) is 3.66. The van der Waals surface area contributed by atoms with E-state index < -0.39 is 9.84 Å². The van der Waals surface area contributed by atoms with E-state index in [4.69, 9.17) is 12.2 Å². The van der Waals surface area contributed by atoms with Crippen LogP contribution in [0.25, 0.3) is 0 Å². The number of hydrogen-bond donors (Lipinski definition) is 1. The lowest BCUT2D eigenvalue weighted by Crippen LogP contribution is -2.40. The van der Waals surface area contributed by atoms with Crippen molar-refractivity contribution in [2.75, 3.05) is 23.4 Å². The number of rotatable bonds is 7. The molecule has 6 nitrogen and oxygen atoms in total. The molecule has 1 aromatic heterocycles. The van der Waals surface area contributed by atoms with Gasteiger partial charge in [0.25, 0.3) is 0 Å². The Morgan fingerprint density at radius 3 is 2.89 bits per heavy atom. The zero-order valence-electron chi connectivity index (χ0n) is 15.3. The molecule has 1 aliphatic heterocycles. The molecule has 0 saturated carbocycles. The third-order valence-electron chi connectivity index (χ3n) is 4.32. The Bertz CT molecular complexity index is 955. The highest BCUT2D eigenvalue weighted by molar-refractivity contribution is 7.91. The number of benzene rings is 1. The summed E-state index contributed by atoms with van der Waals surface area (Å²) in [5.74, 6) is 0.492. The average Bonchev–Trinajstić information content (AvgIpc) is 3.08. The Kier molecular flexibility index (Phi) is 6.29. The van der Waals surface area contributed by atoms with Crippen molar-refractivity contribution in [3.8, 4) is 0 Å². The van der Waals surface area contributed by atoms with Crippen molar-refractivity contribution in [1.29, 1.82) is 0 Å². The van der Waals surface area contributed by atoms with Crippen LogP contribution in [-0.4, -0.2) is 47.2 Å². The lowest BCUT2D eigenvalue weighted by molar-refractivity contribution is 0.138. The molecule has 1 aliphatic rings. The highest BCUT2D eigenvalue weighted by atomic mass is 32.2. The minimum atomic E-state index is -2.96. The first-order valence-corrected chi connectivity index (χ1v) is 11.8. The van der Waals surface area contributed by atoms with Crippen LogP contribution in [0.15, 0.2) is 24.3 Å². The fourth-order valence-electron chi connectivity index (χ4n) is 3.16. The van der Waals surface area contributed by atoms with Crippen molar-refractivity contribution in [3.63, 3.8) is 0 Å². The van der Waals surface area contributed by atoms with Crippen molar-refractivity contribution in [2.24, 2.45) is 5.92 Å². The molecule has 2 aromatic rings. The van der Waals surface area contributed by atoms with Gasteiger partial charge >= 0.3 is 0 Å². The van der Waals surface area contributed by atoms with Crippen molar-refractivity contribution in [1.82, 2.24) is 14.7 Å². The summed E-state index contributed by atoms with van der Waals surface area (Å²) < 4.78 is 39.4. The summed E-state index contributed by atoms with van der Waals surface area (Å²) in [6, 6.07) is 6.14. The zero-order chi connectivity index (χ0) is 19.6. The maximum Gasteiger partial charge on any atom is 0.209 e. The molecule has 0 aliphatic carbocycles. The van der Waals surface area contributed by atoms with E-state index in [1.165, 1.54) is 23.5 Å². The molecule has 3 rings (SSSR count). The summed E-state index contributed by atoms with van der Waals surface area (Å²) in [6.07, 6.45) is 0.640. The molecule has 0 amide bonds. The molecule has 148 valence electrons. The zero-order valence-corrected chi connectivity index (χ0v) is 17.7. The van der Waals surface area contributed by atoms with Crippen LogP contribution in [0.4, 0.5) is 15.2 Å². The van der Waals surface area contributed by atoms with Gasteiger partial charge in [-0.15, -0.1) is 5.10 Å². The Labute approximate surface area is 167 Å². The second kappa shape index (κ2) is 8.34. The van der Waals surface area contributed by atoms with E-state index in [1.807, 2.05) is 0 Å². The first kappa shape index (κ1) is 20.4. The summed E-state index contributed by atoms with van der Waals surface area (Å²) in [5.41, 5.74) is 0.604. The summed E-state index contributed by atoms with van der Waals surface area (Å²) in [4.78, 5) is 2.15. The van der Waals surface area contributed by atoms with Gasteiger partial charge in [0.2, 0.25) is 5.13 Å². The molecule has 1 fully saturated rings. The molecule has 1 aromatic carbocycles. The van der Waals surface area contributed by atoms with Crippen LogP contribution in [0, 0.1) is 15.7 Å². The largest absolute Gasteiger partial charge is 0.330 e. The number of aromatic nitrogens is 2. The number of halogens is 1. The fraction of sp³-hybridized carbons (Fsp3) is 0.529. The van der Waals surface area contributed by atoms with E-state index in [0.29, 0.717) is 33.8 Å². The molecular formula is C17H23FN4O2S3. The molecule has 1 atom stereocenters. The van der Waals surface area contributed by atoms with Gasteiger partial charge in [-0.25, -0.2) is 17.5 Å². The Morgan fingerprint density at radius 2 is 2.26 bits per heavy atom. The van der Waals surface area contributed by atoms with E-state index in [9.17, 15) is 12.8 Å². The SMILES string of the molecule is CC(C)CN(Cn1nc(Nc2cccc(F)c2)sc1=S)[C@H]1CCS(=O)(=O)C1. The average molecular weight is 431 g/mol. The van der Waals surface area contributed by atoms with E-state index in [1.54, 1.807) is 16.8 Å². The highest BCUT2D eigenvalue weighted by Gasteiger charge is 2.32. The van der Waals surface area contributed by atoms with Crippen LogP contribution in [0.1, 0.15) is 20.3 Å². The van der Waals surface area contributed by atoms with Crippen molar-refractivity contribution in [3.05, 3.63) is 34.0 Å². The van der Waals surface area contributed by atoms with Gasteiger partial charge in [0.15, 0.2) is 13.8 Å². The Balaban J connectivity index is 1.76. The van der Waals surface area contributed by atoms with Crippen LogP contribution in [0.3, 0.4) is 0 Å². The predicted molar refractivity (Wildman–Crippen MR) is 109 cm³/mol. The molecular weight excluding hydrogens is 407 g/mol. The van der Waals surface area contributed by atoms with Crippen LogP contribution in [0.2, 0.25) is 0 Å². The molecule has 1 saturated heterocycles. The molecule has 0 spiro atoms. The van der Waals surface area contributed by atoms with Gasteiger partial charge in [0, 0.05) is 18.3 Å². The number of sulfone groups is 1. The first-order chi connectivity index (χ1) is 12.7. The lowest BCUT2D eigenvalue weighted by Gasteiger charge is -2.29. The second-order valence-corrected chi connectivity index (χ2v) is 11.0. The number of hydrogen-bond acceptors (Lipinski definition) is 7. The summed E-state index contributed by atoms with van der Waals surface area (Å²) in [7, 11) is -2.96. The van der Waals surface area contributed by atoms with Gasteiger partial charge in [-0.05, 0) is 42.8 Å². The van der Waals surface area contributed by atoms with Crippen LogP contribution < -0.4 is 5.32 Å². The standard InChI is InChI=1S/C17H23FN4O2S3/c1-12(2)9-21(15-6-7-27(23,24)10-15)11-22-17(25)26-16(20-22)19-14-5-3-4-13(18)8-14/h3-5,8,12,15H,6-7,9-11H2,1-2H3,(H,19,20)/t15-/m0/s1. The molecule has 0 radical (unpaired) electrons.